The van der Waals surface area contributed by atoms with Crippen molar-refractivity contribution in [3.8, 4) is 0 Å². The molecule has 1 heterocycles. The summed E-state index contributed by atoms with van der Waals surface area (Å²) in [5.74, 6) is -0.996. The van der Waals surface area contributed by atoms with Gasteiger partial charge in [-0.2, -0.15) is 0 Å². The van der Waals surface area contributed by atoms with Crippen LogP contribution in [-0.2, 0) is 0 Å². The summed E-state index contributed by atoms with van der Waals surface area (Å²) in [6.07, 6.45) is 2.72. The van der Waals surface area contributed by atoms with Crippen molar-refractivity contribution in [2.24, 2.45) is 5.73 Å². The molecule has 6 heteroatoms. The van der Waals surface area contributed by atoms with Gasteiger partial charge in [0.15, 0.2) is 0 Å². The van der Waals surface area contributed by atoms with Crippen LogP contribution >= 0.6 is 11.6 Å². The summed E-state index contributed by atoms with van der Waals surface area (Å²) in [6, 6.07) is 6.09. The number of rotatable bonds is 4. The molecule has 2 aromatic rings. The molecule has 104 valence electrons. The molecule has 0 saturated heterocycles. The number of nitrogens with zero attached hydrogens (tertiary/aromatic N) is 1. The number of aromatic nitrogens is 1. The van der Waals surface area contributed by atoms with Crippen LogP contribution in [0.15, 0.2) is 36.7 Å². The molecular formula is C14H13ClFN3O. The number of carbonyl (C=O) groups is 1. The first kappa shape index (κ1) is 14.3. The first-order chi connectivity index (χ1) is 9.47. The molecule has 1 atom stereocenters. The fourth-order valence-corrected chi connectivity index (χ4v) is 2.01. The predicted molar refractivity (Wildman–Crippen MR) is 76.2 cm³/mol. The normalized spacial score (nSPS) is 11.9. The largest absolute Gasteiger partial charge is 0.378 e. The average molecular weight is 294 g/mol. The Morgan fingerprint density at radius 1 is 1.40 bits per heavy atom. The number of carbonyl (C=O) groups excluding carboxylic acids is 1. The number of nitrogens with one attached hydrogen (secondary N) is 1. The Labute approximate surface area is 120 Å². The van der Waals surface area contributed by atoms with E-state index in [4.69, 9.17) is 17.3 Å². The van der Waals surface area contributed by atoms with E-state index in [0.717, 1.165) is 6.20 Å². The number of pyridine rings is 1. The van der Waals surface area contributed by atoms with Crippen LogP contribution in [0, 0.1) is 5.82 Å². The number of hydrogen-bond donors (Lipinski definition) is 2. The third-order valence-corrected chi connectivity index (χ3v) is 3.17. The molecule has 0 spiro atoms. The zero-order valence-corrected chi connectivity index (χ0v) is 11.5. The molecule has 4 nitrogen and oxygen atoms in total. The van der Waals surface area contributed by atoms with Gasteiger partial charge >= 0.3 is 0 Å². The highest BCUT2D eigenvalue weighted by Gasteiger charge is 2.10. The van der Waals surface area contributed by atoms with Crippen LogP contribution in [0.25, 0.3) is 0 Å². The van der Waals surface area contributed by atoms with Crippen molar-refractivity contribution in [3.63, 3.8) is 0 Å². The summed E-state index contributed by atoms with van der Waals surface area (Å²) in [4.78, 5) is 15.0. The van der Waals surface area contributed by atoms with Crippen LogP contribution in [0.2, 0.25) is 5.02 Å². The Kier molecular flexibility index (Phi) is 4.20. The van der Waals surface area contributed by atoms with E-state index in [0.29, 0.717) is 16.3 Å². The molecule has 0 aliphatic heterocycles. The van der Waals surface area contributed by atoms with E-state index in [1.807, 2.05) is 6.92 Å². The Morgan fingerprint density at radius 2 is 2.15 bits per heavy atom. The Balaban J connectivity index is 2.22. The van der Waals surface area contributed by atoms with Gasteiger partial charge in [0.25, 0.3) is 0 Å². The maximum Gasteiger partial charge on any atom is 0.250 e. The lowest BCUT2D eigenvalue weighted by Gasteiger charge is -2.16. The van der Waals surface area contributed by atoms with Crippen molar-refractivity contribution in [3.05, 3.63) is 58.6 Å². The van der Waals surface area contributed by atoms with Gasteiger partial charge in [0.05, 0.1) is 22.8 Å². The van der Waals surface area contributed by atoms with Gasteiger partial charge in [-0.05, 0) is 36.8 Å². The molecule has 1 unspecified atom stereocenters. The molecule has 1 aromatic carbocycles. The molecule has 1 amide bonds. The molecular weight excluding hydrogens is 281 g/mol. The van der Waals surface area contributed by atoms with Gasteiger partial charge in [-0.25, -0.2) is 4.39 Å². The first-order valence-corrected chi connectivity index (χ1v) is 6.31. The van der Waals surface area contributed by atoms with Crippen molar-refractivity contribution >= 4 is 23.2 Å². The molecule has 0 aliphatic rings. The molecule has 0 radical (unpaired) electrons. The molecule has 0 fully saturated rings. The molecule has 2 rings (SSSR count). The fraction of sp³-hybridized carbons (Fsp3) is 0.143. The summed E-state index contributed by atoms with van der Waals surface area (Å²) < 4.78 is 13.1. The van der Waals surface area contributed by atoms with Gasteiger partial charge < -0.3 is 11.1 Å². The van der Waals surface area contributed by atoms with Crippen molar-refractivity contribution in [2.75, 3.05) is 5.32 Å². The second-order valence-electron chi connectivity index (χ2n) is 4.36. The lowest BCUT2D eigenvalue weighted by atomic mass is 10.1. The lowest BCUT2D eigenvalue weighted by Crippen LogP contribution is -2.13. The van der Waals surface area contributed by atoms with Crippen molar-refractivity contribution < 1.29 is 9.18 Å². The minimum Gasteiger partial charge on any atom is -0.378 e. The molecule has 20 heavy (non-hydrogen) atoms. The number of halogens is 2. The Hall–Kier alpha value is -2.14. The SMILES string of the molecule is CC(Nc1ccc(Cl)c(C(N)=O)c1)c1cncc(F)c1. The van der Waals surface area contributed by atoms with E-state index in [-0.39, 0.29) is 11.6 Å². The minimum absolute atomic E-state index is 0.180. The van der Waals surface area contributed by atoms with Crippen LogP contribution in [0.3, 0.4) is 0 Å². The van der Waals surface area contributed by atoms with Gasteiger partial charge in [-0.1, -0.05) is 11.6 Å². The fourth-order valence-electron chi connectivity index (χ4n) is 1.80. The predicted octanol–water partition coefficient (Wildman–Crippen LogP) is 3.15. The van der Waals surface area contributed by atoms with E-state index in [2.05, 4.69) is 10.3 Å². The number of nitrogens with two attached hydrogens (primary N) is 1. The number of benzene rings is 1. The quantitative estimate of drug-likeness (QED) is 0.910. The van der Waals surface area contributed by atoms with Crippen LogP contribution in [-0.4, -0.2) is 10.9 Å². The van der Waals surface area contributed by atoms with Gasteiger partial charge in [0.1, 0.15) is 5.82 Å². The lowest BCUT2D eigenvalue weighted by molar-refractivity contribution is 0.100. The second-order valence-corrected chi connectivity index (χ2v) is 4.77. The van der Waals surface area contributed by atoms with E-state index < -0.39 is 11.7 Å². The molecule has 0 bridgehead atoms. The zero-order chi connectivity index (χ0) is 14.7. The number of primary amides is 1. The van der Waals surface area contributed by atoms with Crippen LogP contribution in [0.4, 0.5) is 10.1 Å². The highest BCUT2D eigenvalue weighted by atomic mass is 35.5. The Morgan fingerprint density at radius 3 is 2.80 bits per heavy atom. The molecule has 0 saturated carbocycles. The monoisotopic (exact) mass is 293 g/mol. The topological polar surface area (TPSA) is 68.0 Å². The highest BCUT2D eigenvalue weighted by molar-refractivity contribution is 6.33. The van der Waals surface area contributed by atoms with E-state index >= 15 is 0 Å². The van der Waals surface area contributed by atoms with Crippen LogP contribution < -0.4 is 11.1 Å². The van der Waals surface area contributed by atoms with Crippen molar-refractivity contribution in [1.82, 2.24) is 4.98 Å². The number of amides is 1. The molecule has 3 N–H and O–H groups in total. The summed E-state index contributed by atoms with van der Waals surface area (Å²) in [5, 5.41) is 3.43. The van der Waals surface area contributed by atoms with Gasteiger partial charge in [0.2, 0.25) is 5.91 Å². The summed E-state index contributed by atoms with van der Waals surface area (Å²) >= 11 is 5.88. The van der Waals surface area contributed by atoms with E-state index in [1.54, 1.807) is 24.4 Å². The zero-order valence-electron chi connectivity index (χ0n) is 10.7. The van der Waals surface area contributed by atoms with Gasteiger partial charge in [0, 0.05) is 11.9 Å². The average Bonchev–Trinajstić information content (AvgIpc) is 2.40. The summed E-state index contributed by atoms with van der Waals surface area (Å²) in [7, 11) is 0. The van der Waals surface area contributed by atoms with E-state index in [9.17, 15) is 9.18 Å². The van der Waals surface area contributed by atoms with Crippen LogP contribution in [0.5, 0.6) is 0 Å². The van der Waals surface area contributed by atoms with E-state index in [1.165, 1.54) is 6.07 Å². The standard InChI is InChI=1S/C14H13ClFN3O/c1-8(9-4-10(16)7-18-6-9)19-11-2-3-13(15)12(5-11)14(17)20/h2-8,19H,1H3,(H2,17,20). The third kappa shape index (κ3) is 3.24. The van der Waals surface area contributed by atoms with Gasteiger partial charge in [-0.15, -0.1) is 0 Å². The maximum atomic E-state index is 13.1. The molecule has 0 aliphatic carbocycles. The third-order valence-electron chi connectivity index (χ3n) is 2.84. The number of hydrogen-bond acceptors (Lipinski definition) is 3. The maximum absolute atomic E-state index is 13.1. The Bertz CT molecular complexity index is 648. The first-order valence-electron chi connectivity index (χ1n) is 5.93. The van der Waals surface area contributed by atoms with Crippen molar-refractivity contribution in [1.29, 1.82) is 0 Å². The van der Waals surface area contributed by atoms with Crippen LogP contribution in [0.1, 0.15) is 28.9 Å². The summed E-state index contributed by atoms with van der Waals surface area (Å²) in [6.45, 7) is 1.86. The molecule has 1 aromatic heterocycles. The highest BCUT2D eigenvalue weighted by Crippen LogP contribution is 2.24. The smallest absolute Gasteiger partial charge is 0.250 e. The van der Waals surface area contributed by atoms with Crippen molar-refractivity contribution in [2.45, 2.75) is 13.0 Å². The van der Waals surface area contributed by atoms with Gasteiger partial charge in [-0.3, -0.25) is 9.78 Å². The number of anilines is 1. The minimum atomic E-state index is -0.598. The summed E-state index contributed by atoms with van der Waals surface area (Å²) in [5.41, 5.74) is 6.83. The second kappa shape index (κ2) is 5.88.